The van der Waals surface area contributed by atoms with Crippen LogP contribution in [-0.4, -0.2) is 18.4 Å². The van der Waals surface area contributed by atoms with Crippen LogP contribution in [0.1, 0.15) is 17.1 Å². The number of anilines is 1. The number of nitrogens with zero attached hydrogens (tertiary/aromatic N) is 2. The first-order valence-corrected chi connectivity index (χ1v) is 10.4. The Morgan fingerprint density at radius 3 is 2.48 bits per heavy atom. The predicted molar refractivity (Wildman–Crippen MR) is 103 cm³/mol. The van der Waals surface area contributed by atoms with Crippen molar-refractivity contribution in [2.45, 2.75) is 12.2 Å². The van der Waals surface area contributed by atoms with Gasteiger partial charge in [-0.1, -0.05) is 41.4 Å². The average Bonchev–Trinajstić information content (AvgIpc) is 3.09. The molecule has 0 bridgehead atoms. The Morgan fingerprint density at radius 1 is 1.12 bits per heavy atom. The molecular formula is C16H13Cl2N3O2S2. The number of hydrogen-bond acceptors (Lipinski definition) is 5. The molecule has 9 heteroatoms. The van der Waals surface area contributed by atoms with Crippen molar-refractivity contribution in [3.05, 3.63) is 63.2 Å². The molecule has 0 radical (unpaired) electrons. The van der Waals surface area contributed by atoms with E-state index in [1.165, 1.54) is 17.7 Å². The van der Waals surface area contributed by atoms with Crippen molar-refractivity contribution >= 4 is 50.4 Å². The van der Waals surface area contributed by atoms with E-state index in [0.717, 1.165) is 4.88 Å². The van der Waals surface area contributed by atoms with E-state index >= 15 is 0 Å². The van der Waals surface area contributed by atoms with E-state index in [1.807, 2.05) is 11.4 Å². The maximum absolute atomic E-state index is 12.7. The highest BCUT2D eigenvalue weighted by molar-refractivity contribution is 7.93. The van der Waals surface area contributed by atoms with Crippen LogP contribution < -0.4 is 4.72 Å². The van der Waals surface area contributed by atoms with Gasteiger partial charge in [0.2, 0.25) is 10.0 Å². The zero-order valence-corrected chi connectivity index (χ0v) is 16.1. The fourth-order valence-electron chi connectivity index (χ4n) is 2.21. The monoisotopic (exact) mass is 413 g/mol. The van der Waals surface area contributed by atoms with E-state index < -0.39 is 15.3 Å². The molecule has 0 aliphatic heterocycles. The van der Waals surface area contributed by atoms with Gasteiger partial charge in [0.25, 0.3) is 0 Å². The number of halogens is 2. The van der Waals surface area contributed by atoms with Crippen molar-refractivity contribution in [1.29, 1.82) is 0 Å². The summed E-state index contributed by atoms with van der Waals surface area (Å²) < 4.78 is 28.0. The summed E-state index contributed by atoms with van der Waals surface area (Å²) in [7, 11) is -3.71. The lowest BCUT2D eigenvalue weighted by Crippen LogP contribution is -2.20. The van der Waals surface area contributed by atoms with Crippen LogP contribution >= 0.6 is 34.5 Å². The van der Waals surface area contributed by atoms with E-state index in [1.54, 1.807) is 37.3 Å². The quantitative estimate of drug-likeness (QED) is 0.596. The number of nitrogens with one attached hydrogen (secondary N) is 1. The molecule has 0 aliphatic carbocycles. The third-order valence-electron chi connectivity index (χ3n) is 3.58. The van der Waals surface area contributed by atoms with Crippen molar-refractivity contribution in [3.63, 3.8) is 0 Å². The molecule has 0 fully saturated rings. The summed E-state index contributed by atoms with van der Waals surface area (Å²) in [5.74, 6) is 0.130. The molecule has 25 heavy (non-hydrogen) atoms. The highest BCUT2D eigenvalue weighted by Gasteiger charge is 2.26. The maximum Gasteiger partial charge on any atom is 0.241 e. The number of benzene rings is 1. The molecular weight excluding hydrogens is 401 g/mol. The molecule has 2 heterocycles. The van der Waals surface area contributed by atoms with Crippen LogP contribution in [-0.2, 0) is 10.0 Å². The lowest BCUT2D eigenvalue weighted by atomic mass is 10.1. The second-order valence-electron chi connectivity index (χ2n) is 5.20. The van der Waals surface area contributed by atoms with Gasteiger partial charge in [-0.25, -0.2) is 18.4 Å². The Balaban J connectivity index is 2.01. The van der Waals surface area contributed by atoms with E-state index in [-0.39, 0.29) is 11.0 Å². The molecule has 3 aromatic rings. The van der Waals surface area contributed by atoms with E-state index in [0.29, 0.717) is 16.1 Å². The lowest BCUT2D eigenvalue weighted by Gasteiger charge is -2.16. The summed E-state index contributed by atoms with van der Waals surface area (Å²) >= 11 is 13.5. The Kier molecular flexibility index (Phi) is 5.29. The number of aromatic nitrogens is 2. The van der Waals surface area contributed by atoms with Gasteiger partial charge in [-0.2, -0.15) is 0 Å². The van der Waals surface area contributed by atoms with Crippen LogP contribution in [0.3, 0.4) is 0 Å². The standard InChI is InChI=1S/C16H13Cl2N3O2S2/c1-10(13-3-2-8-24-13)25(22,23)21-16-14(15(18)19-9-20-16)11-4-6-12(17)7-5-11/h2-10H,1H3,(H,19,20,21). The molecule has 0 amide bonds. The molecule has 0 aliphatic rings. The van der Waals surface area contributed by atoms with Crippen LogP contribution in [0.15, 0.2) is 48.1 Å². The first kappa shape index (κ1) is 18.1. The molecule has 0 spiro atoms. The summed E-state index contributed by atoms with van der Waals surface area (Å²) in [5.41, 5.74) is 1.07. The van der Waals surface area contributed by atoms with Crippen molar-refractivity contribution in [2.24, 2.45) is 0 Å². The van der Waals surface area contributed by atoms with E-state index in [4.69, 9.17) is 23.2 Å². The minimum absolute atomic E-state index is 0.130. The third kappa shape index (κ3) is 3.95. The number of thiophene rings is 1. The Morgan fingerprint density at radius 2 is 1.84 bits per heavy atom. The maximum atomic E-state index is 12.7. The fraction of sp³-hybridized carbons (Fsp3) is 0.125. The highest BCUT2D eigenvalue weighted by atomic mass is 35.5. The Labute approximate surface area is 159 Å². The normalized spacial score (nSPS) is 12.8. The molecule has 1 atom stereocenters. The van der Waals surface area contributed by atoms with Crippen LogP contribution in [0.25, 0.3) is 11.1 Å². The molecule has 1 N–H and O–H groups in total. The number of sulfonamides is 1. The number of hydrogen-bond donors (Lipinski definition) is 1. The molecule has 0 saturated heterocycles. The average molecular weight is 414 g/mol. The van der Waals surface area contributed by atoms with Crippen molar-refractivity contribution in [1.82, 2.24) is 9.97 Å². The van der Waals surface area contributed by atoms with Gasteiger partial charge >= 0.3 is 0 Å². The molecule has 1 unspecified atom stereocenters. The SMILES string of the molecule is CC(c1cccs1)S(=O)(=O)Nc1ncnc(Cl)c1-c1ccc(Cl)cc1. The summed E-state index contributed by atoms with van der Waals surface area (Å²) in [6.45, 7) is 1.62. The third-order valence-corrected chi connectivity index (χ3v) is 6.99. The molecule has 130 valence electrons. The van der Waals surface area contributed by atoms with Crippen molar-refractivity contribution in [3.8, 4) is 11.1 Å². The van der Waals surface area contributed by atoms with Crippen LogP contribution in [0.5, 0.6) is 0 Å². The largest absolute Gasteiger partial charge is 0.266 e. The van der Waals surface area contributed by atoms with Gasteiger partial charge in [-0.05, 0) is 36.1 Å². The zero-order chi connectivity index (χ0) is 18.0. The van der Waals surface area contributed by atoms with Gasteiger partial charge in [-0.3, -0.25) is 4.72 Å². The summed E-state index contributed by atoms with van der Waals surface area (Å²) in [6, 6.07) is 10.4. The van der Waals surface area contributed by atoms with Gasteiger partial charge in [0.1, 0.15) is 16.7 Å². The Bertz CT molecular complexity index is 975. The molecule has 2 aromatic heterocycles. The second kappa shape index (κ2) is 7.29. The topological polar surface area (TPSA) is 72.0 Å². The summed E-state index contributed by atoms with van der Waals surface area (Å²) in [6.07, 6.45) is 1.22. The van der Waals surface area contributed by atoms with E-state index in [2.05, 4.69) is 14.7 Å². The van der Waals surface area contributed by atoms with Gasteiger partial charge in [-0.15, -0.1) is 11.3 Å². The van der Waals surface area contributed by atoms with E-state index in [9.17, 15) is 8.42 Å². The molecule has 3 rings (SSSR count). The molecule has 5 nitrogen and oxygen atoms in total. The van der Waals surface area contributed by atoms with Crippen LogP contribution in [0, 0.1) is 0 Å². The summed E-state index contributed by atoms with van der Waals surface area (Å²) in [4.78, 5) is 8.76. The predicted octanol–water partition coefficient (Wildman–Crippen LogP) is 5.01. The fourth-order valence-corrected chi connectivity index (χ4v) is 4.78. The smallest absolute Gasteiger partial charge is 0.241 e. The second-order valence-corrected chi connectivity index (χ2v) is 8.97. The van der Waals surface area contributed by atoms with Gasteiger partial charge in [0.05, 0.1) is 5.56 Å². The van der Waals surface area contributed by atoms with Gasteiger partial charge in [0, 0.05) is 9.90 Å². The number of rotatable bonds is 5. The Hall–Kier alpha value is -1.67. The summed E-state index contributed by atoms with van der Waals surface area (Å²) in [5, 5.41) is 1.82. The first-order valence-electron chi connectivity index (χ1n) is 7.20. The van der Waals surface area contributed by atoms with Gasteiger partial charge in [0.15, 0.2) is 5.82 Å². The minimum Gasteiger partial charge on any atom is -0.266 e. The van der Waals surface area contributed by atoms with Crippen molar-refractivity contribution in [2.75, 3.05) is 4.72 Å². The lowest BCUT2D eigenvalue weighted by molar-refractivity contribution is 0.592. The van der Waals surface area contributed by atoms with Crippen molar-refractivity contribution < 1.29 is 8.42 Å². The molecule has 1 aromatic carbocycles. The highest BCUT2D eigenvalue weighted by Crippen LogP contribution is 2.35. The molecule has 0 saturated carbocycles. The van der Waals surface area contributed by atoms with Gasteiger partial charge < -0.3 is 0 Å². The minimum atomic E-state index is -3.71. The first-order chi connectivity index (χ1) is 11.9. The van der Waals surface area contributed by atoms with Crippen LogP contribution in [0.2, 0.25) is 10.2 Å². The van der Waals surface area contributed by atoms with Crippen LogP contribution in [0.4, 0.5) is 5.82 Å². The zero-order valence-electron chi connectivity index (χ0n) is 13.0.